The van der Waals surface area contributed by atoms with Crippen LogP contribution in [-0.4, -0.2) is 41.5 Å². The van der Waals surface area contributed by atoms with Gasteiger partial charge in [0.1, 0.15) is 0 Å². The van der Waals surface area contributed by atoms with Crippen LogP contribution in [-0.2, 0) is 6.42 Å². The fourth-order valence-corrected chi connectivity index (χ4v) is 2.13. The van der Waals surface area contributed by atoms with Gasteiger partial charge in [-0.1, -0.05) is 44.2 Å². The molecule has 0 saturated carbocycles. The summed E-state index contributed by atoms with van der Waals surface area (Å²) < 4.78 is 0. The Morgan fingerprint density at radius 3 is 2.27 bits per heavy atom. The minimum atomic E-state index is -1.00. The third-order valence-electron chi connectivity index (χ3n) is 3.92. The molecule has 1 aromatic rings. The number of hydrogen-bond donors (Lipinski definition) is 4. The van der Waals surface area contributed by atoms with E-state index >= 15 is 0 Å². The van der Waals surface area contributed by atoms with Crippen LogP contribution in [0.4, 0.5) is 4.79 Å². The average molecular weight is 308 g/mol. The molecule has 0 fully saturated rings. The first kappa shape index (κ1) is 18.5. The summed E-state index contributed by atoms with van der Waals surface area (Å²) in [6, 6.07) is 9.82. The van der Waals surface area contributed by atoms with Gasteiger partial charge in [0.05, 0.1) is 18.8 Å². The molecule has 0 aromatic heterocycles. The molecule has 5 heteroatoms. The Labute approximate surface area is 132 Å². The van der Waals surface area contributed by atoms with E-state index in [0.717, 1.165) is 6.42 Å². The summed E-state index contributed by atoms with van der Waals surface area (Å²) in [5.41, 5.74) is 0.246. The number of aliphatic hydroxyl groups excluding tert-OH is 2. The third kappa shape index (κ3) is 6.03. The minimum Gasteiger partial charge on any atom is -0.394 e. The summed E-state index contributed by atoms with van der Waals surface area (Å²) in [5, 5.41) is 23.8. The van der Waals surface area contributed by atoms with Crippen molar-refractivity contribution in [3.05, 3.63) is 35.9 Å². The van der Waals surface area contributed by atoms with E-state index in [9.17, 15) is 15.0 Å². The molecule has 1 aromatic carbocycles. The van der Waals surface area contributed by atoms with Crippen LogP contribution in [0, 0.1) is 11.8 Å². The van der Waals surface area contributed by atoms with E-state index < -0.39 is 5.54 Å². The molecule has 0 spiro atoms. The van der Waals surface area contributed by atoms with Crippen LogP contribution in [0.5, 0.6) is 0 Å². The second-order valence-electron chi connectivity index (χ2n) is 6.41. The van der Waals surface area contributed by atoms with Gasteiger partial charge >= 0.3 is 6.03 Å². The number of hydrogen-bond acceptors (Lipinski definition) is 3. The Hall–Kier alpha value is -1.59. The van der Waals surface area contributed by atoms with Crippen LogP contribution >= 0.6 is 0 Å². The number of urea groups is 1. The number of carbonyl (C=O) groups excluding carboxylic acids is 1. The van der Waals surface area contributed by atoms with Crippen molar-refractivity contribution in [3.8, 4) is 0 Å². The molecule has 1 rings (SSSR count). The van der Waals surface area contributed by atoms with Crippen LogP contribution in [0.1, 0.15) is 26.3 Å². The van der Waals surface area contributed by atoms with E-state index in [1.165, 1.54) is 5.56 Å². The van der Waals surface area contributed by atoms with Crippen molar-refractivity contribution in [2.24, 2.45) is 11.8 Å². The standard InChI is InChI=1S/C17H28N2O3/c1-13(2)15(9-14-7-5-4-6-8-14)10-18-16(22)19-17(3,11-20)12-21/h4-8,13,15,20-21H,9-12H2,1-3H3,(H2,18,19,22)/t15-/m0/s1. The maximum Gasteiger partial charge on any atom is 0.315 e. The van der Waals surface area contributed by atoms with Gasteiger partial charge in [0.25, 0.3) is 0 Å². The first-order valence-electron chi connectivity index (χ1n) is 7.72. The molecule has 0 heterocycles. The van der Waals surface area contributed by atoms with Gasteiger partial charge in [-0.3, -0.25) is 0 Å². The molecular weight excluding hydrogens is 280 g/mol. The molecule has 0 bridgehead atoms. The van der Waals surface area contributed by atoms with Crippen molar-refractivity contribution in [2.75, 3.05) is 19.8 Å². The number of amides is 2. The lowest BCUT2D eigenvalue weighted by Crippen LogP contribution is -2.55. The van der Waals surface area contributed by atoms with Crippen molar-refractivity contribution < 1.29 is 15.0 Å². The Morgan fingerprint density at radius 2 is 1.77 bits per heavy atom. The first-order chi connectivity index (χ1) is 10.4. The topological polar surface area (TPSA) is 81.6 Å². The fraction of sp³-hybridized carbons (Fsp3) is 0.588. The highest BCUT2D eigenvalue weighted by Gasteiger charge is 2.25. The lowest BCUT2D eigenvalue weighted by Gasteiger charge is -2.27. The van der Waals surface area contributed by atoms with Crippen molar-refractivity contribution in [2.45, 2.75) is 32.7 Å². The van der Waals surface area contributed by atoms with Crippen LogP contribution in [0.2, 0.25) is 0 Å². The number of nitrogens with one attached hydrogen (secondary N) is 2. The monoisotopic (exact) mass is 308 g/mol. The first-order valence-corrected chi connectivity index (χ1v) is 7.72. The van der Waals surface area contributed by atoms with E-state index in [1.54, 1.807) is 6.92 Å². The highest BCUT2D eigenvalue weighted by atomic mass is 16.3. The summed E-state index contributed by atoms with van der Waals surface area (Å²) in [5.74, 6) is 0.755. The van der Waals surface area contributed by atoms with Crippen LogP contribution in [0.3, 0.4) is 0 Å². The molecule has 22 heavy (non-hydrogen) atoms. The summed E-state index contributed by atoms with van der Waals surface area (Å²) >= 11 is 0. The Kier molecular flexibility index (Phi) is 7.35. The molecule has 0 saturated heterocycles. The molecule has 0 unspecified atom stereocenters. The van der Waals surface area contributed by atoms with Gasteiger partial charge in [0, 0.05) is 6.54 Å². The van der Waals surface area contributed by atoms with Gasteiger partial charge in [-0.25, -0.2) is 4.79 Å². The van der Waals surface area contributed by atoms with E-state index in [0.29, 0.717) is 18.4 Å². The lowest BCUT2D eigenvalue weighted by atomic mass is 9.89. The maximum absolute atomic E-state index is 11.9. The molecule has 2 amide bonds. The van der Waals surface area contributed by atoms with Crippen LogP contribution in [0.15, 0.2) is 30.3 Å². The number of carbonyl (C=O) groups is 1. The van der Waals surface area contributed by atoms with E-state index in [4.69, 9.17) is 0 Å². The number of rotatable bonds is 8. The van der Waals surface area contributed by atoms with Gasteiger partial charge in [0.15, 0.2) is 0 Å². The van der Waals surface area contributed by atoms with Gasteiger partial charge in [-0.2, -0.15) is 0 Å². The molecule has 0 aliphatic carbocycles. The zero-order valence-corrected chi connectivity index (χ0v) is 13.7. The second kappa shape index (κ2) is 8.76. The molecular formula is C17H28N2O3. The van der Waals surface area contributed by atoms with Crippen molar-refractivity contribution in [1.29, 1.82) is 0 Å². The highest BCUT2D eigenvalue weighted by Crippen LogP contribution is 2.16. The largest absolute Gasteiger partial charge is 0.394 e. The van der Waals surface area contributed by atoms with Gasteiger partial charge in [-0.05, 0) is 30.7 Å². The highest BCUT2D eigenvalue weighted by molar-refractivity contribution is 5.74. The SMILES string of the molecule is CC(C)[C@H](CNC(=O)NC(C)(CO)CO)Cc1ccccc1. The molecule has 0 radical (unpaired) electrons. The average Bonchev–Trinajstić information content (AvgIpc) is 2.52. The van der Waals surface area contributed by atoms with Gasteiger partial charge in [-0.15, -0.1) is 0 Å². The van der Waals surface area contributed by atoms with Gasteiger partial charge < -0.3 is 20.8 Å². The van der Waals surface area contributed by atoms with Crippen LogP contribution < -0.4 is 10.6 Å². The van der Waals surface area contributed by atoms with Gasteiger partial charge in [0.2, 0.25) is 0 Å². The normalized spacial score (nSPS) is 13.0. The lowest BCUT2D eigenvalue weighted by molar-refractivity contribution is 0.109. The van der Waals surface area contributed by atoms with E-state index in [-0.39, 0.29) is 19.2 Å². The molecule has 0 aliphatic heterocycles. The van der Waals surface area contributed by atoms with Crippen LogP contribution in [0.25, 0.3) is 0 Å². The van der Waals surface area contributed by atoms with Crippen molar-refractivity contribution in [3.63, 3.8) is 0 Å². The zero-order valence-electron chi connectivity index (χ0n) is 13.7. The maximum atomic E-state index is 11.9. The van der Waals surface area contributed by atoms with Crippen molar-refractivity contribution in [1.82, 2.24) is 10.6 Å². The molecule has 4 N–H and O–H groups in total. The molecule has 124 valence electrons. The summed E-state index contributed by atoms with van der Waals surface area (Å²) in [4.78, 5) is 11.9. The number of aliphatic hydroxyl groups is 2. The quantitative estimate of drug-likeness (QED) is 0.588. The van der Waals surface area contributed by atoms with Crippen molar-refractivity contribution >= 4 is 6.03 Å². The second-order valence-corrected chi connectivity index (χ2v) is 6.41. The zero-order chi connectivity index (χ0) is 16.6. The molecule has 0 aliphatic rings. The minimum absolute atomic E-state index is 0.311. The smallest absolute Gasteiger partial charge is 0.315 e. The third-order valence-corrected chi connectivity index (χ3v) is 3.92. The summed E-state index contributed by atoms with van der Waals surface area (Å²) in [7, 11) is 0. The predicted molar refractivity (Wildman–Crippen MR) is 87.6 cm³/mol. The predicted octanol–water partition coefficient (Wildman–Crippen LogP) is 1.54. The summed E-state index contributed by atoms with van der Waals surface area (Å²) in [6.45, 7) is 5.79. The van der Waals surface area contributed by atoms with E-state index in [1.807, 2.05) is 18.2 Å². The Bertz CT molecular complexity index is 444. The summed E-state index contributed by atoms with van der Waals surface area (Å²) in [6.07, 6.45) is 0.899. The number of benzene rings is 1. The molecule has 5 nitrogen and oxygen atoms in total. The fourth-order valence-electron chi connectivity index (χ4n) is 2.13. The van der Waals surface area contributed by atoms with E-state index in [2.05, 4.69) is 36.6 Å². The Morgan fingerprint density at radius 1 is 1.18 bits per heavy atom. The Balaban J connectivity index is 2.53. The molecule has 1 atom stereocenters.